The topological polar surface area (TPSA) is 196 Å². The van der Waals surface area contributed by atoms with Gasteiger partial charge >= 0.3 is 24.7 Å². The largest absolute Gasteiger partial charge is 0.416 e. The molecule has 63 heavy (non-hydrogen) atoms. The monoisotopic (exact) mass is 936 g/mol. The van der Waals surface area contributed by atoms with Gasteiger partial charge in [-0.15, -0.1) is 0 Å². The minimum absolute atomic E-state index is 0. The molecule has 0 unspecified atom stereocenters. The number of alkyl halides is 12. The quantitative estimate of drug-likeness (QED) is 0.0696. The molecule has 8 nitrogen and oxygen atoms in total. The maximum absolute atomic E-state index is 12.3. The van der Waals surface area contributed by atoms with Crippen LogP contribution >= 0.6 is 11.6 Å². The number of allylic oxidation sites excluding steroid dienone is 1. The number of halogens is 13. The standard InChI is InChI=1S/C10H6ClF3O.C10H10F3NO.C10H8F3NO.C10H12F3N.2CH4.H3N.H2O/c11-9(15)5-4-7-2-1-3-8(6-7)10(12,13)14;2*11-10(12,13)8-3-1-2-7(6-8)4-5-9(14)15;11-10(12,13)9-5-1-3-8(7-9)4-2-6-14;;;;/h1-6H;1-3,6H,4-5H2,(H2,14,15);1-6H,(H2,14,15);1,3,5,7H,2,4,6,14H2;2*1H4;1H3;1H2/b5-4+;;5-4+;;;;;. The fraction of sp³-hybridized carbons (Fsp3) is 0.262. The third-order valence-electron chi connectivity index (χ3n) is 7.11. The SMILES string of the molecule is C.C.N.NC(=O)/C=C/c1cccc(C(F)(F)F)c1.NC(=O)CCc1cccc(C(F)(F)F)c1.NCCCc1cccc(C(F)(F)F)c1.O.O=C(Cl)/C=C/c1cccc(C(F)(F)F)c1. The lowest BCUT2D eigenvalue weighted by Gasteiger charge is -2.08. The zero-order chi connectivity index (χ0) is 45.0. The van der Waals surface area contributed by atoms with Gasteiger partial charge in [0.15, 0.2) is 0 Å². The van der Waals surface area contributed by atoms with E-state index in [9.17, 15) is 67.1 Å². The maximum atomic E-state index is 12.3. The Morgan fingerprint density at radius 3 is 1.19 bits per heavy atom. The van der Waals surface area contributed by atoms with Gasteiger partial charge in [0.25, 0.3) is 0 Å². The van der Waals surface area contributed by atoms with Gasteiger partial charge in [-0.2, -0.15) is 52.7 Å². The van der Waals surface area contributed by atoms with Gasteiger partial charge in [0, 0.05) is 12.5 Å². The molecule has 11 N–H and O–H groups in total. The van der Waals surface area contributed by atoms with Crippen molar-refractivity contribution in [2.45, 2.75) is 65.2 Å². The number of nitrogens with two attached hydrogens (primary N) is 3. The normalized spacial score (nSPS) is 11.0. The second kappa shape index (κ2) is 29.6. The van der Waals surface area contributed by atoms with Crippen LogP contribution in [0.5, 0.6) is 0 Å². The highest BCUT2D eigenvalue weighted by Crippen LogP contribution is 2.32. The maximum Gasteiger partial charge on any atom is 0.416 e. The molecule has 4 rings (SSSR count). The molecular weight excluding hydrogens is 888 g/mol. The van der Waals surface area contributed by atoms with Gasteiger partial charge in [-0.25, -0.2) is 0 Å². The number of aryl methyl sites for hydroxylation is 2. The number of carbonyl (C=O) groups excluding carboxylic acids is 3. The average Bonchev–Trinajstić information content (AvgIpc) is 3.14. The smallest absolute Gasteiger partial charge is 0.412 e. The Hall–Kier alpha value is -5.70. The van der Waals surface area contributed by atoms with Crippen LogP contribution < -0.4 is 23.4 Å². The molecule has 0 aromatic heterocycles. The number of hydrogen-bond donors (Lipinski definition) is 4. The lowest BCUT2D eigenvalue weighted by Crippen LogP contribution is -2.11. The third-order valence-corrected chi connectivity index (χ3v) is 7.24. The minimum atomic E-state index is -4.38. The molecule has 0 heterocycles. The zero-order valence-electron chi connectivity index (χ0n) is 31.7. The van der Waals surface area contributed by atoms with Crippen molar-refractivity contribution in [3.63, 3.8) is 0 Å². The fourth-order valence-corrected chi connectivity index (χ4v) is 4.42. The van der Waals surface area contributed by atoms with Gasteiger partial charge in [0.2, 0.25) is 17.1 Å². The summed E-state index contributed by atoms with van der Waals surface area (Å²) in [4.78, 5) is 31.2. The average molecular weight is 937 g/mol. The lowest BCUT2D eigenvalue weighted by atomic mass is 10.1. The number of benzene rings is 4. The first-order chi connectivity index (χ1) is 27.2. The van der Waals surface area contributed by atoms with Crippen LogP contribution in [0.4, 0.5) is 52.7 Å². The van der Waals surface area contributed by atoms with Crippen molar-refractivity contribution in [3.8, 4) is 0 Å². The van der Waals surface area contributed by atoms with Crippen LogP contribution in [0.15, 0.2) is 109 Å². The van der Waals surface area contributed by atoms with E-state index in [2.05, 4.69) is 0 Å². The van der Waals surface area contributed by atoms with Crippen molar-refractivity contribution in [2.75, 3.05) is 6.54 Å². The number of primary amides is 2. The van der Waals surface area contributed by atoms with Crippen molar-refractivity contribution >= 4 is 40.8 Å². The molecular formula is C42H49ClF12N4O4. The van der Waals surface area contributed by atoms with Crippen molar-refractivity contribution < 1.29 is 72.5 Å². The number of amides is 2. The Morgan fingerprint density at radius 2 is 0.873 bits per heavy atom. The first-order valence-electron chi connectivity index (χ1n) is 16.7. The number of carbonyl (C=O) groups is 3. The Kier molecular flexibility index (Phi) is 30.0. The first-order valence-corrected chi connectivity index (χ1v) is 17.1. The summed E-state index contributed by atoms with van der Waals surface area (Å²) in [5, 5.41) is -0.729. The molecule has 0 fully saturated rings. The molecule has 0 radical (unpaired) electrons. The van der Waals surface area contributed by atoms with Gasteiger partial charge in [-0.3, -0.25) is 14.4 Å². The summed E-state index contributed by atoms with van der Waals surface area (Å²) in [5.41, 5.74) is 13.9. The molecule has 352 valence electrons. The molecule has 0 aliphatic rings. The van der Waals surface area contributed by atoms with Gasteiger partial charge in [0.1, 0.15) is 0 Å². The molecule has 0 atom stereocenters. The third kappa shape index (κ3) is 27.8. The van der Waals surface area contributed by atoms with Crippen molar-refractivity contribution in [3.05, 3.63) is 154 Å². The van der Waals surface area contributed by atoms with E-state index in [-0.39, 0.29) is 50.4 Å². The van der Waals surface area contributed by atoms with Crippen molar-refractivity contribution in [2.24, 2.45) is 17.2 Å². The van der Waals surface area contributed by atoms with E-state index in [1.807, 2.05) is 0 Å². The molecule has 0 aliphatic carbocycles. The van der Waals surface area contributed by atoms with E-state index in [0.717, 1.165) is 54.6 Å². The predicted octanol–water partition coefficient (Wildman–Crippen LogP) is 11.0. The van der Waals surface area contributed by atoms with Crippen LogP contribution in [0.3, 0.4) is 0 Å². The Bertz CT molecular complexity index is 1960. The van der Waals surface area contributed by atoms with Crippen LogP contribution in [-0.4, -0.2) is 29.1 Å². The summed E-state index contributed by atoms with van der Waals surface area (Å²) >= 11 is 5.01. The molecule has 4 aromatic carbocycles. The van der Waals surface area contributed by atoms with E-state index in [1.165, 1.54) is 60.7 Å². The van der Waals surface area contributed by atoms with E-state index in [4.69, 9.17) is 28.8 Å². The van der Waals surface area contributed by atoms with Gasteiger partial charge in [-0.1, -0.05) is 81.6 Å². The Labute approximate surface area is 361 Å². The first kappa shape index (κ1) is 63.9. The molecule has 0 spiro atoms. The van der Waals surface area contributed by atoms with E-state index < -0.39 is 64.0 Å². The Morgan fingerprint density at radius 1 is 0.540 bits per heavy atom. The van der Waals surface area contributed by atoms with Crippen LogP contribution in [0.1, 0.15) is 72.2 Å². The Balaban J connectivity index is -0.000000361. The van der Waals surface area contributed by atoms with Crippen LogP contribution in [0, 0.1) is 0 Å². The van der Waals surface area contributed by atoms with E-state index >= 15 is 0 Å². The van der Waals surface area contributed by atoms with Crippen LogP contribution in [0.2, 0.25) is 0 Å². The highest BCUT2D eigenvalue weighted by atomic mass is 35.5. The minimum Gasteiger partial charge on any atom is -0.412 e. The highest BCUT2D eigenvalue weighted by molar-refractivity contribution is 6.66. The van der Waals surface area contributed by atoms with Crippen LogP contribution in [0.25, 0.3) is 12.2 Å². The summed E-state index contributed by atoms with van der Waals surface area (Å²) < 4.78 is 147. The second-order valence-electron chi connectivity index (χ2n) is 11.9. The highest BCUT2D eigenvalue weighted by Gasteiger charge is 2.32. The number of rotatable bonds is 10. The summed E-state index contributed by atoms with van der Waals surface area (Å²) in [6, 6.07) is 19.5. The molecule has 0 aliphatic heterocycles. The fourth-order valence-electron chi connectivity index (χ4n) is 4.36. The van der Waals surface area contributed by atoms with E-state index in [0.29, 0.717) is 30.5 Å². The molecule has 0 saturated carbocycles. The molecule has 0 bridgehead atoms. The summed E-state index contributed by atoms with van der Waals surface area (Å²) in [6.45, 7) is 0.496. The zero-order valence-corrected chi connectivity index (χ0v) is 32.4. The molecule has 0 saturated heterocycles. The van der Waals surface area contributed by atoms with Gasteiger partial charge in [-0.05, 0) is 108 Å². The van der Waals surface area contributed by atoms with E-state index in [1.54, 1.807) is 6.07 Å². The lowest BCUT2D eigenvalue weighted by molar-refractivity contribution is -0.138. The van der Waals surface area contributed by atoms with Crippen molar-refractivity contribution in [1.29, 1.82) is 0 Å². The van der Waals surface area contributed by atoms with Crippen LogP contribution in [-0.2, 0) is 51.9 Å². The van der Waals surface area contributed by atoms with Gasteiger partial charge < -0.3 is 28.8 Å². The van der Waals surface area contributed by atoms with Gasteiger partial charge in [0.05, 0.1) is 22.3 Å². The molecule has 21 heteroatoms. The predicted molar refractivity (Wildman–Crippen MR) is 221 cm³/mol. The summed E-state index contributed by atoms with van der Waals surface area (Å²) in [6.07, 6.45) is -11.3. The number of hydrogen-bond acceptors (Lipinski definition) is 5. The summed E-state index contributed by atoms with van der Waals surface area (Å²) in [7, 11) is 0. The molecule has 2 amide bonds. The van der Waals surface area contributed by atoms with Crippen molar-refractivity contribution in [1.82, 2.24) is 6.15 Å². The summed E-state index contributed by atoms with van der Waals surface area (Å²) in [5.74, 6) is -1.22. The molecule has 4 aromatic rings. The second-order valence-corrected chi connectivity index (χ2v) is 12.2.